The molecule has 166 valence electrons. The number of amides is 2. The normalized spacial score (nSPS) is 14.9. The molecule has 0 saturated heterocycles. The molecule has 2 heterocycles. The van der Waals surface area contributed by atoms with Crippen LogP contribution in [-0.2, 0) is 16.1 Å². The number of hydrogen-bond acceptors (Lipinski definition) is 5. The Morgan fingerprint density at radius 3 is 2.42 bits per heavy atom. The van der Waals surface area contributed by atoms with Gasteiger partial charge in [-0.1, -0.05) is 48.0 Å². The first-order valence-electron chi connectivity index (χ1n) is 10.8. The lowest BCUT2D eigenvalue weighted by molar-refractivity contribution is -0.137. The smallest absolute Gasteiger partial charge is 0.278 e. The minimum Gasteiger partial charge on any atom is -0.454 e. The Labute approximate surface area is 192 Å². The molecular formula is C27H24N2O4. The highest BCUT2D eigenvalue weighted by atomic mass is 16.7. The van der Waals surface area contributed by atoms with Gasteiger partial charge < -0.3 is 14.8 Å². The molecule has 0 saturated carbocycles. The number of nitrogens with zero attached hydrogens (tertiary/aromatic N) is 1. The van der Waals surface area contributed by atoms with E-state index in [1.54, 1.807) is 6.07 Å². The molecule has 33 heavy (non-hydrogen) atoms. The van der Waals surface area contributed by atoms with E-state index in [-0.39, 0.29) is 25.2 Å². The highest BCUT2D eigenvalue weighted by molar-refractivity contribution is 6.36. The number of nitrogens with one attached hydrogen (secondary N) is 1. The molecular weight excluding hydrogens is 416 g/mol. The summed E-state index contributed by atoms with van der Waals surface area (Å²) in [6.07, 6.45) is 0. The summed E-state index contributed by atoms with van der Waals surface area (Å²) in [6, 6.07) is 19.0. The fourth-order valence-corrected chi connectivity index (χ4v) is 4.07. The van der Waals surface area contributed by atoms with Gasteiger partial charge in [0.05, 0.1) is 12.1 Å². The maximum absolute atomic E-state index is 13.5. The maximum atomic E-state index is 13.5. The molecule has 0 spiro atoms. The molecule has 6 heteroatoms. The number of benzene rings is 3. The van der Waals surface area contributed by atoms with Gasteiger partial charge in [0.15, 0.2) is 11.5 Å². The van der Waals surface area contributed by atoms with Crippen molar-refractivity contribution in [1.82, 2.24) is 4.90 Å². The van der Waals surface area contributed by atoms with Gasteiger partial charge in [-0.25, -0.2) is 0 Å². The van der Waals surface area contributed by atoms with E-state index in [9.17, 15) is 9.59 Å². The molecule has 0 unspecified atom stereocenters. The predicted octanol–water partition coefficient (Wildman–Crippen LogP) is 4.73. The predicted molar refractivity (Wildman–Crippen MR) is 126 cm³/mol. The third-order valence-corrected chi connectivity index (χ3v) is 6.15. The second kappa shape index (κ2) is 8.13. The van der Waals surface area contributed by atoms with Crippen LogP contribution in [0.5, 0.6) is 11.5 Å². The average Bonchev–Trinajstić information content (AvgIpc) is 3.36. The van der Waals surface area contributed by atoms with E-state index in [1.807, 2.05) is 75.4 Å². The molecule has 2 aliphatic heterocycles. The van der Waals surface area contributed by atoms with Crippen LogP contribution in [-0.4, -0.2) is 23.5 Å². The van der Waals surface area contributed by atoms with E-state index >= 15 is 0 Å². The van der Waals surface area contributed by atoms with E-state index in [0.29, 0.717) is 28.3 Å². The van der Waals surface area contributed by atoms with Crippen LogP contribution in [0.2, 0.25) is 0 Å². The van der Waals surface area contributed by atoms with Gasteiger partial charge in [0.2, 0.25) is 6.79 Å². The molecule has 6 nitrogen and oxygen atoms in total. The van der Waals surface area contributed by atoms with Crippen LogP contribution in [0.3, 0.4) is 0 Å². The molecule has 0 fully saturated rings. The molecule has 0 aliphatic carbocycles. The van der Waals surface area contributed by atoms with Crippen molar-refractivity contribution in [1.29, 1.82) is 0 Å². The summed E-state index contributed by atoms with van der Waals surface area (Å²) in [6.45, 7) is 6.31. The molecule has 1 N–H and O–H groups in total. The minimum atomic E-state index is -0.353. The van der Waals surface area contributed by atoms with Gasteiger partial charge >= 0.3 is 0 Å². The SMILES string of the molecule is Cc1ccc(C2=C(Nc3cccc(C)c3C)C(=O)N(Cc3ccc4c(c3)OCO4)C2=O)cc1. The van der Waals surface area contributed by atoms with Gasteiger partial charge in [-0.3, -0.25) is 14.5 Å². The lowest BCUT2D eigenvalue weighted by Gasteiger charge is -2.16. The van der Waals surface area contributed by atoms with Crippen molar-refractivity contribution in [2.24, 2.45) is 0 Å². The van der Waals surface area contributed by atoms with Crippen molar-refractivity contribution >= 4 is 23.1 Å². The second-order valence-electron chi connectivity index (χ2n) is 8.37. The Bertz CT molecular complexity index is 1310. The van der Waals surface area contributed by atoms with Crippen molar-refractivity contribution in [3.63, 3.8) is 0 Å². The molecule has 0 atom stereocenters. The van der Waals surface area contributed by atoms with Gasteiger partial charge in [0, 0.05) is 5.69 Å². The van der Waals surface area contributed by atoms with Crippen molar-refractivity contribution in [3.8, 4) is 11.5 Å². The van der Waals surface area contributed by atoms with Crippen molar-refractivity contribution < 1.29 is 19.1 Å². The Balaban J connectivity index is 1.53. The third kappa shape index (κ3) is 3.74. The summed E-state index contributed by atoms with van der Waals surface area (Å²) in [5, 5.41) is 3.27. The number of carbonyl (C=O) groups excluding carboxylic acids is 2. The molecule has 2 amide bonds. The Morgan fingerprint density at radius 1 is 0.879 bits per heavy atom. The molecule has 2 aliphatic rings. The van der Waals surface area contributed by atoms with Gasteiger partial charge in [-0.05, 0) is 61.2 Å². The summed E-state index contributed by atoms with van der Waals surface area (Å²) >= 11 is 0. The average molecular weight is 440 g/mol. The first-order valence-corrected chi connectivity index (χ1v) is 10.8. The zero-order chi connectivity index (χ0) is 23.1. The number of hydrogen-bond donors (Lipinski definition) is 1. The first kappa shape index (κ1) is 20.8. The van der Waals surface area contributed by atoms with E-state index in [2.05, 4.69) is 5.32 Å². The van der Waals surface area contributed by atoms with Gasteiger partial charge in [0.25, 0.3) is 11.8 Å². The molecule has 0 aromatic heterocycles. The quantitative estimate of drug-likeness (QED) is 0.581. The number of ether oxygens (including phenoxy) is 2. The molecule has 3 aromatic carbocycles. The largest absolute Gasteiger partial charge is 0.454 e. The van der Waals surface area contributed by atoms with Crippen LogP contribution in [0.1, 0.15) is 27.8 Å². The summed E-state index contributed by atoms with van der Waals surface area (Å²) in [5.74, 6) is 0.601. The van der Waals surface area contributed by atoms with Crippen LogP contribution in [0.4, 0.5) is 5.69 Å². The van der Waals surface area contributed by atoms with Crippen molar-refractivity contribution in [3.05, 3.63) is 94.2 Å². The third-order valence-electron chi connectivity index (χ3n) is 6.15. The van der Waals surface area contributed by atoms with Gasteiger partial charge in [-0.15, -0.1) is 0 Å². The fraction of sp³-hybridized carbons (Fsp3) is 0.185. The van der Waals surface area contributed by atoms with Gasteiger partial charge in [0.1, 0.15) is 5.70 Å². The Morgan fingerprint density at radius 2 is 1.64 bits per heavy atom. The lowest BCUT2D eigenvalue weighted by atomic mass is 10.0. The maximum Gasteiger partial charge on any atom is 0.278 e. The van der Waals surface area contributed by atoms with Crippen LogP contribution >= 0.6 is 0 Å². The monoisotopic (exact) mass is 440 g/mol. The topological polar surface area (TPSA) is 67.9 Å². The Kier molecular flexibility index (Phi) is 5.13. The second-order valence-corrected chi connectivity index (χ2v) is 8.37. The summed E-state index contributed by atoms with van der Waals surface area (Å²) in [7, 11) is 0. The van der Waals surface area contributed by atoms with Gasteiger partial charge in [-0.2, -0.15) is 0 Å². The van der Waals surface area contributed by atoms with E-state index in [0.717, 1.165) is 27.9 Å². The number of carbonyl (C=O) groups is 2. The zero-order valence-corrected chi connectivity index (χ0v) is 18.8. The van der Waals surface area contributed by atoms with E-state index in [4.69, 9.17) is 9.47 Å². The number of imide groups is 1. The van der Waals surface area contributed by atoms with Crippen LogP contribution in [0.25, 0.3) is 5.57 Å². The highest BCUT2D eigenvalue weighted by Gasteiger charge is 2.39. The first-order chi connectivity index (χ1) is 15.9. The summed E-state index contributed by atoms with van der Waals surface area (Å²) in [5.41, 5.74) is 6.18. The standard InChI is InChI=1S/C27H24N2O4/c1-16-7-10-20(11-8-16)24-25(28-21-6-4-5-17(2)18(21)3)27(31)29(26(24)30)14-19-9-12-22-23(13-19)33-15-32-22/h4-13,28H,14-15H2,1-3H3. The molecule has 0 radical (unpaired) electrons. The number of fused-ring (bicyclic) bond motifs is 1. The van der Waals surface area contributed by atoms with Crippen LogP contribution < -0.4 is 14.8 Å². The fourth-order valence-electron chi connectivity index (χ4n) is 4.07. The van der Waals surface area contributed by atoms with E-state index in [1.165, 1.54) is 4.90 Å². The minimum absolute atomic E-state index is 0.141. The summed E-state index contributed by atoms with van der Waals surface area (Å²) in [4.78, 5) is 28.4. The van der Waals surface area contributed by atoms with Crippen LogP contribution in [0, 0.1) is 20.8 Å². The Hall–Kier alpha value is -4.06. The number of anilines is 1. The van der Waals surface area contributed by atoms with Crippen LogP contribution in [0.15, 0.2) is 66.4 Å². The lowest BCUT2D eigenvalue weighted by Crippen LogP contribution is -2.32. The van der Waals surface area contributed by atoms with Crippen molar-refractivity contribution in [2.75, 3.05) is 12.1 Å². The summed E-state index contributed by atoms with van der Waals surface area (Å²) < 4.78 is 10.8. The highest BCUT2D eigenvalue weighted by Crippen LogP contribution is 2.35. The number of aryl methyl sites for hydroxylation is 2. The molecule has 0 bridgehead atoms. The molecule has 3 aromatic rings. The molecule has 5 rings (SSSR count). The van der Waals surface area contributed by atoms with Crippen molar-refractivity contribution in [2.45, 2.75) is 27.3 Å². The zero-order valence-electron chi connectivity index (χ0n) is 18.8. The number of rotatable bonds is 5. The van der Waals surface area contributed by atoms with E-state index < -0.39 is 0 Å².